The first-order chi connectivity index (χ1) is 15.1. The quantitative estimate of drug-likeness (QED) is 0.379. The monoisotopic (exact) mass is 426 g/mol. The molecule has 31 heavy (non-hydrogen) atoms. The molecule has 0 fully saturated rings. The number of carbonyl (C=O) groups excluding carboxylic acids is 1. The highest BCUT2D eigenvalue weighted by atomic mass is 16.5. The molecule has 0 heterocycles. The topological polar surface area (TPSA) is 84.0 Å². The summed E-state index contributed by atoms with van der Waals surface area (Å²) in [5, 5.41) is 9.46. The summed E-state index contributed by atoms with van der Waals surface area (Å²) in [4.78, 5) is 16.3. The van der Waals surface area contributed by atoms with Crippen LogP contribution in [0.5, 0.6) is 11.5 Å². The molecule has 1 amide bonds. The minimum Gasteiger partial charge on any atom is -0.490 e. The Morgan fingerprint density at radius 3 is 2.39 bits per heavy atom. The smallest absolute Gasteiger partial charge is 0.222 e. The van der Waals surface area contributed by atoms with E-state index in [-0.39, 0.29) is 11.9 Å². The first kappa shape index (κ1) is 24.1. The minimum absolute atomic E-state index is 0.00649. The summed E-state index contributed by atoms with van der Waals surface area (Å²) in [5.74, 6) is 2.10. The van der Waals surface area contributed by atoms with Crippen molar-refractivity contribution in [1.29, 1.82) is 0 Å². The Bertz CT molecular complexity index is 840. The number of nitrogens with zero attached hydrogens (tertiary/aromatic N) is 1. The maximum atomic E-state index is 12.1. The summed E-state index contributed by atoms with van der Waals surface area (Å²) < 4.78 is 11.3. The SMILES string of the molecule is CCOc1ccc(C(C)NC(=NC)NCCC(=O)NCc2ccccc2)cc1OCC. The number of rotatable bonds is 11. The van der Waals surface area contributed by atoms with Crippen molar-refractivity contribution in [3.63, 3.8) is 0 Å². The van der Waals surface area contributed by atoms with Crippen molar-refractivity contribution in [3.8, 4) is 11.5 Å². The second-order valence-electron chi connectivity index (χ2n) is 6.95. The van der Waals surface area contributed by atoms with E-state index in [0.717, 1.165) is 22.6 Å². The standard InChI is InChI=1S/C24H34N4O3/c1-5-30-21-13-12-20(16-22(21)31-6-2)18(3)28-24(25-4)26-15-14-23(29)27-17-19-10-8-7-9-11-19/h7-13,16,18H,5-6,14-15,17H2,1-4H3,(H,27,29)(H2,25,26,28). The molecule has 2 aromatic carbocycles. The predicted octanol–water partition coefficient (Wildman–Crippen LogP) is 3.42. The molecule has 1 atom stereocenters. The normalized spacial score (nSPS) is 12.1. The van der Waals surface area contributed by atoms with Crippen molar-refractivity contribution in [2.45, 2.75) is 39.8 Å². The van der Waals surface area contributed by atoms with E-state index in [2.05, 4.69) is 20.9 Å². The number of aliphatic imine (C=N–C) groups is 1. The maximum absolute atomic E-state index is 12.1. The summed E-state index contributed by atoms with van der Waals surface area (Å²) in [7, 11) is 1.71. The molecule has 0 saturated carbocycles. The molecular weight excluding hydrogens is 392 g/mol. The lowest BCUT2D eigenvalue weighted by Crippen LogP contribution is -2.40. The van der Waals surface area contributed by atoms with E-state index in [1.807, 2.05) is 69.3 Å². The van der Waals surface area contributed by atoms with E-state index < -0.39 is 0 Å². The molecule has 0 aliphatic rings. The Labute approximate surface area is 185 Å². The third-order valence-corrected chi connectivity index (χ3v) is 4.62. The van der Waals surface area contributed by atoms with Crippen LogP contribution in [0.3, 0.4) is 0 Å². The molecule has 2 rings (SSSR count). The van der Waals surface area contributed by atoms with Crippen LogP contribution < -0.4 is 25.4 Å². The zero-order valence-electron chi connectivity index (χ0n) is 18.9. The van der Waals surface area contributed by atoms with Crippen molar-refractivity contribution in [3.05, 3.63) is 59.7 Å². The van der Waals surface area contributed by atoms with Gasteiger partial charge in [-0.25, -0.2) is 0 Å². The number of benzene rings is 2. The average Bonchev–Trinajstić information content (AvgIpc) is 2.79. The van der Waals surface area contributed by atoms with Crippen molar-refractivity contribution in [2.24, 2.45) is 4.99 Å². The Kier molecular flexibility index (Phi) is 10.2. The Morgan fingerprint density at radius 2 is 1.71 bits per heavy atom. The van der Waals surface area contributed by atoms with E-state index in [9.17, 15) is 4.79 Å². The fourth-order valence-electron chi connectivity index (χ4n) is 3.00. The predicted molar refractivity (Wildman–Crippen MR) is 125 cm³/mol. The zero-order valence-corrected chi connectivity index (χ0v) is 18.9. The van der Waals surface area contributed by atoms with Gasteiger partial charge in [0.2, 0.25) is 5.91 Å². The maximum Gasteiger partial charge on any atom is 0.222 e. The van der Waals surface area contributed by atoms with E-state index >= 15 is 0 Å². The van der Waals surface area contributed by atoms with E-state index in [1.54, 1.807) is 7.05 Å². The summed E-state index contributed by atoms with van der Waals surface area (Å²) >= 11 is 0. The number of nitrogens with one attached hydrogen (secondary N) is 3. The summed E-state index contributed by atoms with van der Waals surface area (Å²) in [6, 6.07) is 15.8. The number of hydrogen-bond acceptors (Lipinski definition) is 4. The zero-order chi connectivity index (χ0) is 22.5. The van der Waals surface area contributed by atoms with Crippen LogP contribution in [-0.4, -0.2) is 38.7 Å². The molecule has 0 radical (unpaired) electrons. The van der Waals surface area contributed by atoms with Gasteiger partial charge in [-0.15, -0.1) is 0 Å². The Balaban J connectivity index is 1.82. The highest BCUT2D eigenvalue weighted by Gasteiger charge is 2.12. The number of hydrogen-bond donors (Lipinski definition) is 3. The fourth-order valence-corrected chi connectivity index (χ4v) is 3.00. The molecule has 0 aliphatic carbocycles. The van der Waals surface area contributed by atoms with Gasteiger partial charge >= 0.3 is 0 Å². The van der Waals surface area contributed by atoms with Gasteiger partial charge in [0.25, 0.3) is 0 Å². The van der Waals surface area contributed by atoms with E-state index in [1.165, 1.54) is 0 Å². The van der Waals surface area contributed by atoms with Gasteiger partial charge < -0.3 is 25.4 Å². The largest absolute Gasteiger partial charge is 0.490 e. The van der Waals surface area contributed by atoms with Gasteiger partial charge in [0.15, 0.2) is 17.5 Å². The van der Waals surface area contributed by atoms with E-state index in [0.29, 0.717) is 38.7 Å². The van der Waals surface area contributed by atoms with Gasteiger partial charge in [0.05, 0.1) is 19.3 Å². The van der Waals surface area contributed by atoms with Crippen LogP contribution >= 0.6 is 0 Å². The molecule has 7 heteroatoms. The summed E-state index contributed by atoms with van der Waals surface area (Å²) in [6.07, 6.45) is 0.361. The van der Waals surface area contributed by atoms with Crippen LogP contribution in [0.4, 0.5) is 0 Å². The van der Waals surface area contributed by atoms with Crippen LogP contribution in [0.2, 0.25) is 0 Å². The van der Waals surface area contributed by atoms with Crippen LogP contribution in [0.1, 0.15) is 44.4 Å². The lowest BCUT2D eigenvalue weighted by Gasteiger charge is -2.20. The van der Waals surface area contributed by atoms with E-state index in [4.69, 9.17) is 9.47 Å². The van der Waals surface area contributed by atoms with Gasteiger partial charge in [-0.05, 0) is 44.0 Å². The minimum atomic E-state index is -0.00674. The third-order valence-electron chi connectivity index (χ3n) is 4.62. The number of carbonyl (C=O) groups is 1. The highest BCUT2D eigenvalue weighted by Crippen LogP contribution is 2.30. The lowest BCUT2D eigenvalue weighted by molar-refractivity contribution is -0.121. The van der Waals surface area contributed by atoms with Gasteiger partial charge in [-0.3, -0.25) is 9.79 Å². The molecule has 0 spiro atoms. The van der Waals surface area contributed by atoms with Gasteiger partial charge in [-0.1, -0.05) is 36.4 Å². The van der Waals surface area contributed by atoms with Crippen molar-refractivity contribution in [2.75, 3.05) is 26.8 Å². The number of ether oxygens (including phenoxy) is 2. The number of guanidine groups is 1. The Hall–Kier alpha value is -3.22. The van der Waals surface area contributed by atoms with Gasteiger partial charge in [0, 0.05) is 26.6 Å². The molecule has 3 N–H and O–H groups in total. The molecule has 0 aromatic heterocycles. The number of amides is 1. The van der Waals surface area contributed by atoms with Crippen LogP contribution in [0, 0.1) is 0 Å². The van der Waals surface area contributed by atoms with Crippen LogP contribution in [0.15, 0.2) is 53.5 Å². The van der Waals surface area contributed by atoms with Gasteiger partial charge in [-0.2, -0.15) is 0 Å². The highest BCUT2D eigenvalue weighted by molar-refractivity contribution is 5.81. The van der Waals surface area contributed by atoms with Crippen LogP contribution in [0.25, 0.3) is 0 Å². The molecular formula is C24H34N4O3. The molecule has 0 aliphatic heterocycles. The second kappa shape index (κ2) is 13.2. The molecule has 168 valence electrons. The fraction of sp³-hybridized carbons (Fsp3) is 0.417. The summed E-state index contributed by atoms with van der Waals surface area (Å²) in [5.41, 5.74) is 2.13. The first-order valence-electron chi connectivity index (χ1n) is 10.7. The average molecular weight is 427 g/mol. The summed E-state index contributed by atoms with van der Waals surface area (Å²) in [6.45, 7) is 8.12. The van der Waals surface area contributed by atoms with Crippen molar-refractivity contribution >= 4 is 11.9 Å². The molecule has 7 nitrogen and oxygen atoms in total. The molecule has 0 bridgehead atoms. The molecule has 1 unspecified atom stereocenters. The lowest BCUT2D eigenvalue weighted by atomic mass is 10.1. The van der Waals surface area contributed by atoms with Crippen LogP contribution in [-0.2, 0) is 11.3 Å². The van der Waals surface area contributed by atoms with Crippen molar-refractivity contribution in [1.82, 2.24) is 16.0 Å². The molecule has 2 aromatic rings. The molecule has 0 saturated heterocycles. The Morgan fingerprint density at radius 1 is 1.00 bits per heavy atom. The third kappa shape index (κ3) is 8.20. The van der Waals surface area contributed by atoms with Crippen molar-refractivity contribution < 1.29 is 14.3 Å². The second-order valence-corrected chi connectivity index (χ2v) is 6.95. The first-order valence-corrected chi connectivity index (χ1v) is 10.7. The van der Waals surface area contributed by atoms with Gasteiger partial charge in [0.1, 0.15) is 0 Å².